The summed E-state index contributed by atoms with van der Waals surface area (Å²) in [6.07, 6.45) is 5.16. The molecule has 8 nitrogen and oxygen atoms in total. The second kappa shape index (κ2) is 6.91. The van der Waals surface area contributed by atoms with Crippen molar-refractivity contribution in [3.8, 4) is 11.3 Å². The number of aromatic nitrogens is 6. The minimum Gasteiger partial charge on any atom is -0.345 e. The highest BCUT2D eigenvalue weighted by Gasteiger charge is 2.17. The Morgan fingerprint density at radius 2 is 1.93 bits per heavy atom. The van der Waals surface area contributed by atoms with Crippen LogP contribution in [0.4, 0.5) is 0 Å². The van der Waals surface area contributed by atoms with E-state index in [-0.39, 0.29) is 11.7 Å². The Kier molecular flexibility index (Phi) is 4.29. The molecule has 134 valence electrons. The predicted molar refractivity (Wildman–Crippen MR) is 98.9 cm³/mol. The zero-order chi connectivity index (χ0) is 18.8. The van der Waals surface area contributed by atoms with Crippen molar-refractivity contribution in [3.05, 3.63) is 71.7 Å². The minimum atomic E-state index is -0.319. The summed E-state index contributed by atoms with van der Waals surface area (Å²) in [6, 6.07) is 9.43. The molecule has 0 fully saturated rings. The van der Waals surface area contributed by atoms with E-state index in [9.17, 15) is 4.79 Å². The average molecular weight is 359 g/mol. The van der Waals surface area contributed by atoms with Gasteiger partial charge < -0.3 is 5.32 Å². The fourth-order valence-corrected chi connectivity index (χ4v) is 2.98. The number of carbonyl (C=O) groups is 1. The third-order valence-corrected chi connectivity index (χ3v) is 4.18. The van der Waals surface area contributed by atoms with E-state index >= 15 is 0 Å². The molecule has 1 amide bonds. The lowest BCUT2D eigenvalue weighted by atomic mass is 10.1. The summed E-state index contributed by atoms with van der Waals surface area (Å²) in [5, 5.41) is 10.9. The second-order valence-corrected chi connectivity index (χ2v) is 6.13. The Morgan fingerprint density at radius 1 is 1.11 bits per heavy atom. The van der Waals surface area contributed by atoms with Crippen molar-refractivity contribution >= 4 is 11.7 Å². The van der Waals surface area contributed by atoms with Crippen LogP contribution >= 0.6 is 0 Å². The lowest BCUT2D eigenvalue weighted by Gasteiger charge is -2.10. The maximum absolute atomic E-state index is 12.7. The summed E-state index contributed by atoms with van der Waals surface area (Å²) >= 11 is 0. The van der Waals surface area contributed by atoms with E-state index in [1.807, 2.05) is 44.2 Å². The van der Waals surface area contributed by atoms with Crippen LogP contribution in [0.2, 0.25) is 0 Å². The van der Waals surface area contributed by atoms with Gasteiger partial charge in [-0.1, -0.05) is 6.07 Å². The van der Waals surface area contributed by atoms with E-state index in [1.165, 1.54) is 0 Å². The Hall–Kier alpha value is -3.68. The van der Waals surface area contributed by atoms with Crippen LogP contribution in [0.3, 0.4) is 0 Å². The predicted octanol–water partition coefficient (Wildman–Crippen LogP) is 2.13. The highest BCUT2D eigenvalue weighted by molar-refractivity contribution is 5.91. The van der Waals surface area contributed by atoms with Crippen LogP contribution in [-0.4, -0.2) is 35.5 Å². The van der Waals surface area contributed by atoms with Crippen LogP contribution in [0.25, 0.3) is 17.0 Å². The Morgan fingerprint density at radius 3 is 2.74 bits per heavy atom. The summed E-state index contributed by atoms with van der Waals surface area (Å²) in [7, 11) is 0. The fourth-order valence-electron chi connectivity index (χ4n) is 2.98. The fraction of sp³-hybridized carbons (Fsp3) is 0.158. The molecule has 8 heteroatoms. The standard InChI is InChI=1S/C19H17N7O/c1-12-10-13(2)26-17(24-25-19(26)23-12)18(27)22-11-15-4-3-7-21-16(15)14-5-8-20-9-6-14/h3-10H,11H2,1-2H3,(H,22,27). The van der Waals surface area contributed by atoms with Crippen LogP contribution in [0.15, 0.2) is 48.9 Å². The first-order valence-corrected chi connectivity index (χ1v) is 8.45. The number of pyridine rings is 2. The molecule has 4 heterocycles. The molecule has 0 aliphatic heterocycles. The van der Waals surface area contributed by atoms with Crippen LogP contribution in [-0.2, 0) is 6.54 Å². The van der Waals surface area contributed by atoms with Crippen LogP contribution in [0, 0.1) is 13.8 Å². The number of hydrogen-bond donors (Lipinski definition) is 1. The minimum absolute atomic E-state index is 0.212. The van der Waals surface area contributed by atoms with Gasteiger partial charge in [0.2, 0.25) is 5.82 Å². The molecular formula is C19H17N7O. The molecule has 0 aliphatic carbocycles. The lowest BCUT2D eigenvalue weighted by molar-refractivity contribution is 0.0939. The maximum Gasteiger partial charge on any atom is 0.289 e. The first-order chi connectivity index (χ1) is 13.1. The Bertz CT molecular complexity index is 1120. The van der Waals surface area contributed by atoms with E-state index in [1.54, 1.807) is 23.0 Å². The zero-order valence-electron chi connectivity index (χ0n) is 14.9. The van der Waals surface area contributed by atoms with Crippen molar-refractivity contribution in [3.63, 3.8) is 0 Å². The monoisotopic (exact) mass is 359 g/mol. The van der Waals surface area contributed by atoms with Gasteiger partial charge in [0.1, 0.15) is 0 Å². The highest BCUT2D eigenvalue weighted by Crippen LogP contribution is 2.20. The van der Waals surface area contributed by atoms with E-state index in [2.05, 4.69) is 30.5 Å². The summed E-state index contributed by atoms with van der Waals surface area (Å²) in [6.45, 7) is 4.09. The van der Waals surface area contributed by atoms with E-state index in [0.717, 1.165) is 28.2 Å². The number of carbonyl (C=O) groups excluding carboxylic acids is 1. The molecular weight excluding hydrogens is 342 g/mol. The largest absolute Gasteiger partial charge is 0.345 e. The highest BCUT2D eigenvalue weighted by atomic mass is 16.2. The number of aryl methyl sites for hydroxylation is 2. The molecule has 4 aromatic heterocycles. The molecule has 0 aliphatic rings. The van der Waals surface area contributed by atoms with Crippen molar-refractivity contribution in [2.24, 2.45) is 0 Å². The average Bonchev–Trinajstić information content (AvgIpc) is 3.11. The van der Waals surface area contributed by atoms with Gasteiger partial charge in [-0.2, -0.15) is 0 Å². The molecule has 0 spiro atoms. The molecule has 0 atom stereocenters. The molecule has 4 rings (SSSR count). The van der Waals surface area contributed by atoms with E-state index in [0.29, 0.717) is 12.3 Å². The molecule has 0 aromatic carbocycles. The number of nitrogens with one attached hydrogen (secondary N) is 1. The zero-order valence-corrected chi connectivity index (χ0v) is 14.9. The molecule has 0 bridgehead atoms. The third-order valence-electron chi connectivity index (χ3n) is 4.18. The number of nitrogens with zero attached hydrogens (tertiary/aromatic N) is 6. The summed E-state index contributed by atoms with van der Waals surface area (Å²) in [5.41, 5.74) is 4.33. The van der Waals surface area contributed by atoms with Gasteiger partial charge in [0.25, 0.3) is 11.7 Å². The quantitative estimate of drug-likeness (QED) is 0.599. The van der Waals surface area contributed by atoms with Crippen molar-refractivity contribution in [2.45, 2.75) is 20.4 Å². The van der Waals surface area contributed by atoms with Crippen molar-refractivity contribution < 1.29 is 4.79 Å². The smallest absolute Gasteiger partial charge is 0.289 e. The summed E-state index contributed by atoms with van der Waals surface area (Å²) < 4.78 is 1.65. The molecule has 4 aromatic rings. The van der Waals surface area contributed by atoms with Crippen molar-refractivity contribution in [1.29, 1.82) is 0 Å². The molecule has 0 radical (unpaired) electrons. The van der Waals surface area contributed by atoms with E-state index < -0.39 is 0 Å². The van der Waals surface area contributed by atoms with Gasteiger partial charge in [0.05, 0.1) is 5.69 Å². The first kappa shape index (κ1) is 16.8. The SMILES string of the molecule is Cc1cc(C)n2c(C(=O)NCc3cccnc3-c3ccncc3)nnc2n1. The van der Waals surface area contributed by atoms with Gasteiger partial charge in [-0.25, -0.2) is 4.98 Å². The van der Waals surface area contributed by atoms with E-state index in [4.69, 9.17) is 0 Å². The maximum atomic E-state index is 12.7. The molecule has 27 heavy (non-hydrogen) atoms. The van der Waals surface area contributed by atoms with Crippen LogP contribution in [0.5, 0.6) is 0 Å². The Labute approximate surface area is 155 Å². The van der Waals surface area contributed by atoms with Gasteiger partial charge in [-0.05, 0) is 43.7 Å². The Balaban J connectivity index is 1.60. The number of fused-ring (bicyclic) bond motifs is 1. The number of rotatable bonds is 4. The van der Waals surface area contributed by atoms with Crippen molar-refractivity contribution in [1.82, 2.24) is 34.9 Å². The van der Waals surface area contributed by atoms with Gasteiger partial charge in [0.15, 0.2) is 0 Å². The summed E-state index contributed by atoms with van der Waals surface area (Å²) in [4.78, 5) is 25.5. The van der Waals surface area contributed by atoms with Crippen LogP contribution < -0.4 is 5.32 Å². The molecule has 0 saturated heterocycles. The first-order valence-electron chi connectivity index (χ1n) is 8.45. The number of hydrogen-bond acceptors (Lipinski definition) is 6. The van der Waals surface area contributed by atoms with Gasteiger partial charge in [-0.3, -0.25) is 19.2 Å². The van der Waals surface area contributed by atoms with Gasteiger partial charge in [0, 0.05) is 42.1 Å². The molecule has 0 saturated carbocycles. The van der Waals surface area contributed by atoms with Gasteiger partial charge >= 0.3 is 0 Å². The topological polar surface area (TPSA) is 98.0 Å². The van der Waals surface area contributed by atoms with Crippen LogP contribution in [0.1, 0.15) is 27.6 Å². The molecule has 0 unspecified atom stereocenters. The lowest BCUT2D eigenvalue weighted by Crippen LogP contribution is -2.26. The van der Waals surface area contributed by atoms with Crippen molar-refractivity contribution in [2.75, 3.05) is 0 Å². The normalized spacial score (nSPS) is 10.9. The third kappa shape index (κ3) is 3.24. The second-order valence-electron chi connectivity index (χ2n) is 6.13. The number of amides is 1. The summed E-state index contributed by atoms with van der Waals surface area (Å²) in [5.74, 6) is 0.307. The van der Waals surface area contributed by atoms with Gasteiger partial charge in [-0.15, -0.1) is 10.2 Å². The molecule has 1 N–H and O–H groups in total.